The Hall–Kier alpha value is -2.24. The molecule has 140 valence electrons. The summed E-state index contributed by atoms with van der Waals surface area (Å²) in [6.07, 6.45) is 5.92. The maximum Gasteiger partial charge on any atom is 0.249 e. The van der Waals surface area contributed by atoms with Gasteiger partial charge in [-0.25, -0.2) is 4.39 Å². The zero-order valence-electron chi connectivity index (χ0n) is 14.9. The SMILES string of the molecule is Fc1ccc([C@@H](NC2CCCCC2)c2nnc(-c3ccccc3Cl)o2)cc1. The second-order valence-corrected chi connectivity index (χ2v) is 7.32. The van der Waals surface area contributed by atoms with Crippen molar-refractivity contribution >= 4 is 11.6 Å². The molecule has 1 atom stereocenters. The van der Waals surface area contributed by atoms with E-state index in [-0.39, 0.29) is 11.9 Å². The van der Waals surface area contributed by atoms with Gasteiger partial charge in [0.1, 0.15) is 11.9 Å². The Morgan fingerprint density at radius 1 is 1.00 bits per heavy atom. The Balaban J connectivity index is 1.65. The molecule has 1 saturated carbocycles. The molecule has 1 aliphatic carbocycles. The number of nitrogens with zero attached hydrogens (tertiary/aromatic N) is 2. The number of hydrogen-bond donors (Lipinski definition) is 1. The molecule has 1 fully saturated rings. The Bertz CT molecular complexity index is 890. The summed E-state index contributed by atoms with van der Waals surface area (Å²) in [6.45, 7) is 0. The molecule has 1 N–H and O–H groups in total. The molecule has 2 aromatic carbocycles. The topological polar surface area (TPSA) is 51.0 Å². The molecule has 27 heavy (non-hydrogen) atoms. The molecular weight excluding hydrogens is 365 g/mol. The molecule has 0 radical (unpaired) electrons. The summed E-state index contributed by atoms with van der Waals surface area (Å²) in [7, 11) is 0. The van der Waals surface area contributed by atoms with Gasteiger partial charge in [0.15, 0.2) is 0 Å². The average Bonchev–Trinajstić information content (AvgIpc) is 3.18. The molecule has 0 aliphatic heterocycles. The zero-order valence-corrected chi connectivity index (χ0v) is 15.6. The smallest absolute Gasteiger partial charge is 0.249 e. The molecule has 3 aromatic rings. The van der Waals surface area contributed by atoms with E-state index in [1.54, 1.807) is 18.2 Å². The third kappa shape index (κ3) is 4.20. The maximum atomic E-state index is 13.4. The zero-order chi connectivity index (χ0) is 18.6. The first-order valence-electron chi connectivity index (χ1n) is 9.30. The molecule has 0 bridgehead atoms. The lowest BCUT2D eigenvalue weighted by Crippen LogP contribution is -2.35. The lowest BCUT2D eigenvalue weighted by molar-refractivity contribution is 0.329. The van der Waals surface area contributed by atoms with Crippen molar-refractivity contribution in [2.24, 2.45) is 0 Å². The van der Waals surface area contributed by atoms with Crippen molar-refractivity contribution in [1.82, 2.24) is 15.5 Å². The number of nitrogens with one attached hydrogen (secondary N) is 1. The largest absolute Gasteiger partial charge is 0.419 e. The van der Waals surface area contributed by atoms with E-state index in [1.165, 1.54) is 31.4 Å². The quantitative estimate of drug-likeness (QED) is 0.626. The molecule has 4 rings (SSSR count). The molecule has 4 nitrogen and oxygen atoms in total. The van der Waals surface area contributed by atoms with Crippen LogP contribution in [0.15, 0.2) is 52.9 Å². The predicted octanol–water partition coefficient (Wildman–Crippen LogP) is 5.54. The summed E-state index contributed by atoms with van der Waals surface area (Å²) in [5.41, 5.74) is 1.60. The second-order valence-electron chi connectivity index (χ2n) is 6.91. The molecule has 1 aliphatic rings. The number of halogens is 2. The van der Waals surface area contributed by atoms with Gasteiger partial charge in [0, 0.05) is 6.04 Å². The van der Waals surface area contributed by atoms with E-state index in [9.17, 15) is 4.39 Å². The molecule has 0 unspecified atom stereocenters. The van der Waals surface area contributed by atoms with E-state index in [1.807, 2.05) is 18.2 Å². The molecule has 6 heteroatoms. The van der Waals surface area contributed by atoms with Crippen molar-refractivity contribution in [3.8, 4) is 11.5 Å². The lowest BCUT2D eigenvalue weighted by atomic mass is 9.94. The van der Waals surface area contributed by atoms with Gasteiger partial charge in [-0.1, -0.05) is 55.1 Å². The number of aromatic nitrogens is 2. The van der Waals surface area contributed by atoms with Crippen LogP contribution in [0.25, 0.3) is 11.5 Å². The van der Waals surface area contributed by atoms with Crippen LogP contribution in [0.5, 0.6) is 0 Å². The minimum absolute atomic E-state index is 0.266. The summed E-state index contributed by atoms with van der Waals surface area (Å²) in [4.78, 5) is 0. The highest BCUT2D eigenvalue weighted by molar-refractivity contribution is 6.33. The Labute approximate surface area is 162 Å². The van der Waals surface area contributed by atoms with E-state index in [0.717, 1.165) is 18.4 Å². The van der Waals surface area contributed by atoms with Gasteiger partial charge in [-0.2, -0.15) is 0 Å². The molecule has 0 amide bonds. The predicted molar refractivity (Wildman–Crippen MR) is 103 cm³/mol. The third-order valence-corrected chi connectivity index (χ3v) is 5.33. The van der Waals surface area contributed by atoms with Crippen molar-refractivity contribution < 1.29 is 8.81 Å². The van der Waals surface area contributed by atoms with Gasteiger partial charge < -0.3 is 4.42 Å². The third-order valence-electron chi connectivity index (χ3n) is 5.00. The fraction of sp³-hybridized carbons (Fsp3) is 0.333. The van der Waals surface area contributed by atoms with Crippen LogP contribution in [0.1, 0.15) is 49.6 Å². The van der Waals surface area contributed by atoms with Gasteiger partial charge in [0.2, 0.25) is 11.8 Å². The van der Waals surface area contributed by atoms with E-state index in [2.05, 4.69) is 15.5 Å². The minimum atomic E-state index is -0.280. The van der Waals surface area contributed by atoms with Gasteiger partial charge in [0.25, 0.3) is 0 Å². The Kier molecular flexibility index (Phi) is 5.50. The van der Waals surface area contributed by atoms with Crippen LogP contribution in [0.3, 0.4) is 0 Å². The van der Waals surface area contributed by atoms with E-state index in [0.29, 0.717) is 28.4 Å². The summed E-state index contributed by atoms with van der Waals surface area (Å²) >= 11 is 6.25. The Morgan fingerprint density at radius 3 is 2.48 bits per heavy atom. The highest BCUT2D eigenvalue weighted by Gasteiger charge is 2.25. The van der Waals surface area contributed by atoms with Crippen LogP contribution in [0, 0.1) is 5.82 Å². The molecule has 0 spiro atoms. The summed E-state index contributed by atoms with van der Waals surface area (Å²) < 4.78 is 19.4. The molecule has 0 saturated heterocycles. The van der Waals surface area contributed by atoms with Gasteiger partial charge in [-0.05, 0) is 42.7 Å². The average molecular weight is 386 g/mol. The number of rotatable bonds is 5. The summed E-state index contributed by atoms with van der Waals surface area (Å²) in [5.74, 6) is 0.577. The maximum absolute atomic E-state index is 13.4. The molecular formula is C21H21ClFN3O. The van der Waals surface area contributed by atoms with Gasteiger partial charge in [0.05, 0.1) is 10.6 Å². The first-order valence-corrected chi connectivity index (χ1v) is 9.68. The molecule has 1 heterocycles. The fourth-order valence-electron chi connectivity index (χ4n) is 3.57. The summed E-state index contributed by atoms with van der Waals surface area (Å²) in [6, 6.07) is 13.9. The van der Waals surface area contributed by atoms with Crippen molar-refractivity contribution in [1.29, 1.82) is 0 Å². The molecule has 1 aromatic heterocycles. The van der Waals surface area contributed by atoms with Crippen molar-refractivity contribution in [2.45, 2.75) is 44.2 Å². The Morgan fingerprint density at radius 2 is 1.74 bits per heavy atom. The normalized spacial score (nSPS) is 16.4. The van der Waals surface area contributed by atoms with E-state index in [4.69, 9.17) is 16.0 Å². The highest BCUT2D eigenvalue weighted by Crippen LogP contribution is 2.30. The minimum Gasteiger partial charge on any atom is -0.419 e. The number of hydrogen-bond acceptors (Lipinski definition) is 4. The van der Waals surface area contributed by atoms with Crippen LogP contribution < -0.4 is 5.32 Å². The first kappa shape index (κ1) is 18.1. The van der Waals surface area contributed by atoms with Crippen molar-refractivity contribution in [3.05, 3.63) is 70.8 Å². The van der Waals surface area contributed by atoms with E-state index >= 15 is 0 Å². The second kappa shape index (κ2) is 8.19. The van der Waals surface area contributed by atoms with Gasteiger partial charge in [-0.3, -0.25) is 5.32 Å². The van der Waals surface area contributed by atoms with Crippen LogP contribution in [-0.4, -0.2) is 16.2 Å². The first-order chi connectivity index (χ1) is 13.2. The van der Waals surface area contributed by atoms with Gasteiger partial charge in [-0.15, -0.1) is 10.2 Å². The number of benzene rings is 2. The fourth-order valence-corrected chi connectivity index (χ4v) is 3.78. The standard InChI is InChI=1S/C21H21ClFN3O/c22-18-9-5-4-8-17(18)20-25-26-21(27-20)19(14-10-12-15(23)13-11-14)24-16-6-2-1-3-7-16/h4-5,8-13,16,19,24H,1-3,6-7H2/t19-/m1/s1. The van der Waals surface area contributed by atoms with Crippen LogP contribution in [-0.2, 0) is 0 Å². The monoisotopic (exact) mass is 385 g/mol. The van der Waals surface area contributed by atoms with Crippen LogP contribution in [0.2, 0.25) is 5.02 Å². The van der Waals surface area contributed by atoms with Crippen molar-refractivity contribution in [2.75, 3.05) is 0 Å². The van der Waals surface area contributed by atoms with Crippen LogP contribution in [0.4, 0.5) is 4.39 Å². The van der Waals surface area contributed by atoms with Gasteiger partial charge >= 0.3 is 0 Å². The highest BCUT2D eigenvalue weighted by atomic mass is 35.5. The lowest BCUT2D eigenvalue weighted by Gasteiger charge is -2.27. The van der Waals surface area contributed by atoms with Crippen molar-refractivity contribution in [3.63, 3.8) is 0 Å². The van der Waals surface area contributed by atoms with Crippen LogP contribution >= 0.6 is 11.6 Å². The summed E-state index contributed by atoms with van der Waals surface area (Å²) in [5, 5.41) is 12.7. The van der Waals surface area contributed by atoms with E-state index < -0.39 is 0 Å².